The summed E-state index contributed by atoms with van der Waals surface area (Å²) in [5.41, 5.74) is 5.94. The van der Waals surface area contributed by atoms with Gasteiger partial charge in [-0.1, -0.05) is 12.1 Å². The molecule has 3 atom stereocenters. The number of thioether (sulfide) groups is 1. The van der Waals surface area contributed by atoms with E-state index in [1.807, 2.05) is 0 Å². The van der Waals surface area contributed by atoms with Crippen molar-refractivity contribution < 1.29 is 53.9 Å². The number of β-lactam (4-membered cyclic amide) rings is 1. The molecule has 1 aliphatic carbocycles. The number of thiazole rings is 1. The van der Waals surface area contributed by atoms with Gasteiger partial charge in [-0.05, 0) is 45.4 Å². The van der Waals surface area contributed by atoms with E-state index in [2.05, 4.69) is 22.4 Å². The molecular weight excluding hydrogens is 477 g/mol. The van der Waals surface area contributed by atoms with Crippen molar-refractivity contribution in [2.45, 2.75) is 74.8 Å². The average molecular weight is 504 g/mol. The van der Waals surface area contributed by atoms with Gasteiger partial charge in [0.2, 0.25) is 5.91 Å². The molecule has 0 radical (unpaired) electrons. The number of oxime groups is 1. The molecule has 4 rings (SSSR count). The Kier molecular flexibility index (Phi) is 8.04. The average Bonchev–Trinajstić information content (AvgIpc) is 3.26. The van der Waals surface area contributed by atoms with Crippen LogP contribution in [0.2, 0.25) is 0 Å². The number of hydrogen-bond acceptors (Lipinski definition) is 10. The minimum Gasteiger partial charge on any atom is -0.548 e. The molecule has 0 spiro atoms. The zero-order valence-corrected chi connectivity index (χ0v) is 22.7. The molecule has 3 heterocycles. The second-order valence-corrected chi connectivity index (χ2v) is 11.7. The number of hydrogen-bond donors (Lipinski definition) is 2. The van der Waals surface area contributed by atoms with Crippen molar-refractivity contribution >= 4 is 51.7 Å². The topological polar surface area (TPSA) is 150 Å². The number of aromatic nitrogens is 1. The molecule has 0 aromatic carbocycles. The van der Waals surface area contributed by atoms with Crippen molar-refractivity contribution in [1.29, 1.82) is 0 Å². The van der Waals surface area contributed by atoms with Gasteiger partial charge >= 0.3 is 29.6 Å². The van der Waals surface area contributed by atoms with Crippen LogP contribution in [0.4, 0.5) is 5.13 Å². The van der Waals surface area contributed by atoms with Crippen LogP contribution >= 0.6 is 23.1 Å². The first-order valence-electron chi connectivity index (χ1n) is 10.6. The van der Waals surface area contributed by atoms with Gasteiger partial charge < -0.3 is 30.7 Å². The van der Waals surface area contributed by atoms with Gasteiger partial charge in [0.1, 0.15) is 23.2 Å². The molecule has 3 N–H and O–H groups in total. The SMILES string of the molecule is CC1(C)S[C@@H]2[C@@H](NC(=O)/C(=N\O[C@H]3CC[C@H](C)CC3)c3csc(N)n3)C(=O)N2[C@H]1C(=O)[O-].[Na+]. The second kappa shape index (κ2) is 10.1. The quantitative estimate of drug-likeness (QED) is 0.185. The summed E-state index contributed by atoms with van der Waals surface area (Å²) in [6.45, 7) is 5.68. The van der Waals surface area contributed by atoms with Crippen LogP contribution in [0, 0.1) is 5.92 Å². The Hall–Kier alpha value is -1.34. The van der Waals surface area contributed by atoms with Crippen LogP contribution in [0.3, 0.4) is 0 Å². The van der Waals surface area contributed by atoms with E-state index in [9.17, 15) is 19.5 Å². The first-order valence-corrected chi connectivity index (χ1v) is 12.3. The number of nitrogens with two attached hydrogens (primary N) is 1. The Morgan fingerprint density at radius 1 is 1.33 bits per heavy atom. The standard InChI is InChI=1S/C20H27N5O5S2.Na/c1-9-4-6-10(7-5-9)30-24-12(11-8-31-19(21)22-11)15(26)23-13-16(27)25-14(18(28)29)20(2,3)32-17(13)25;/h8-10,13-14,17H,4-7H2,1-3H3,(H2,21,22)(H,23,26)(H,28,29);/q;+1/p-1/b24-12-;/t9-,10-,13-,14-,17+;/m0./s1. The number of carbonyl (C=O) groups is 3. The number of anilines is 1. The molecule has 33 heavy (non-hydrogen) atoms. The third kappa shape index (κ3) is 5.19. The van der Waals surface area contributed by atoms with Crippen molar-refractivity contribution in [3.8, 4) is 0 Å². The summed E-state index contributed by atoms with van der Waals surface area (Å²) < 4.78 is -0.736. The van der Waals surface area contributed by atoms with Crippen molar-refractivity contribution in [3.05, 3.63) is 11.1 Å². The molecule has 1 saturated carbocycles. The summed E-state index contributed by atoms with van der Waals surface area (Å²) in [4.78, 5) is 48.4. The number of amides is 2. The van der Waals surface area contributed by atoms with Crippen LogP contribution in [0.15, 0.2) is 10.5 Å². The van der Waals surface area contributed by atoms with Crippen LogP contribution in [0.5, 0.6) is 0 Å². The Morgan fingerprint density at radius 2 is 2.00 bits per heavy atom. The van der Waals surface area contributed by atoms with Gasteiger partial charge in [-0.15, -0.1) is 23.1 Å². The molecule has 0 unspecified atom stereocenters. The van der Waals surface area contributed by atoms with Crippen LogP contribution < -0.4 is 45.7 Å². The fourth-order valence-corrected chi connectivity index (χ4v) is 6.57. The molecule has 2 amide bonds. The summed E-state index contributed by atoms with van der Waals surface area (Å²) in [6, 6.07) is -1.92. The number of aliphatic carboxylic acids is 1. The minimum atomic E-state index is -1.31. The van der Waals surface area contributed by atoms with Crippen molar-refractivity contribution in [2.24, 2.45) is 11.1 Å². The molecule has 1 aromatic heterocycles. The minimum absolute atomic E-state index is 0. The molecule has 1 aromatic rings. The van der Waals surface area contributed by atoms with Crippen LogP contribution in [0.1, 0.15) is 52.1 Å². The summed E-state index contributed by atoms with van der Waals surface area (Å²) in [6.07, 6.45) is 3.69. The van der Waals surface area contributed by atoms with Gasteiger partial charge in [0.05, 0.1) is 12.0 Å². The second-order valence-electron chi connectivity index (χ2n) is 9.03. The van der Waals surface area contributed by atoms with E-state index in [4.69, 9.17) is 10.6 Å². The van der Waals surface area contributed by atoms with E-state index in [1.165, 1.54) is 28.0 Å². The van der Waals surface area contributed by atoms with E-state index in [0.29, 0.717) is 5.92 Å². The maximum atomic E-state index is 13.1. The van der Waals surface area contributed by atoms with E-state index in [-0.39, 0.29) is 52.2 Å². The summed E-state index contributed by atoms with van der Waals surface area (Å²) in [5.74, 6) is -1.74. The van der Waals surface area contributed by atoms with Crippen LogP contribution in [-0.2, 0) is 19.2 Å². The van der Waals surface area contributed by atoms with Crippen molar-refractivity contribution in [1.82, 2.24) is 15.2 Å². The number of nitrogens with zero attached hydrogens (tertiary/aromatic N) is 3. The maximum absolute atomic E-state index is 13.1. The number of carboxylic acids is 1. The van der Waals surface area contributed by atoms with E-state index in [1.54, 1.807) is 19.2 Å². The first kappa shape index (κ1) is 26.3. The molecule has 2 aliphatic heterocycles. The summed E-state index contributed by atoms with van der Waals surface area (Å²) in [7, 11) is 0. The fraction of sp³-hybridized carbons (Fsp3) is 0.650. The molecule has 174 valence electrons. The number of carbonyl (C=O) groups excluding carboxylic acids is 3. The van der Waals surface area contributed by atoms with Crippen LogP contribution in [0.25, 0.3) is 0 Å². The Labute approximate surface area is 222 Å². The Bertz CT molecular complexity index is 962. The molecule has 0 bridgehead atoms. The zero-order chi connectivity index (χ0) is 23.2. The van der Waals surface area contributed by atoms with Gasteiger partial charge in [0, 0.05) is 10.1 Å². The fourth-order valence-electron chi connectivity index (χ4n) is 4.40. The summed E-state index contributed by atoms with van der Waals surface area (Å²) >= 11 is 2.49. The van der Waals surface area contributed by atoms with Gasteiger partial charge in [-0.3, -0.25) is 9.59 Å². The zero-order valence-electron chi connectivity index (χ0n) is 19.1. The molecular formula is C20H26N5NaO5S2. The number of fused-ring (bicyclic) bond motifs is 1. The molecule has 3 aliphatic rings. The molecule has 10 nitrogen and oxygen atoms in total. The largest absolute Gasteiger partial charge is 1.00 e. The third-order valence-corrected chi connectivity index (χ3v) is 8.43. The Morgan fingerprint density at radius 3 is 2.58 bits per heavy atom. The normalized spacial score (nSPS) is 30.6. The van der Waals surface area contributed by atoms with E-state index >= 15 is 0 Å². The molecule has 2 saturated heterocycles. The number of nitrogens with one attached hydrogen (secondary N) is 1. The van der Waals surface area contributed by atoms with Gasteiger partial charge in [-0.2, -0.15) is 0 Å². The molecule has 3 fully saturated rings. The monoisotopic (exact) mass is 503 g/mol. The molecule has 13 heteroatoms. The van der Waals surface area contributed by atoms with Crippen molar-refractivity contribution in [2.75, 3.05) is 5.73 Å². The predicted molar refractivity (Wildman–Crippen MR) is 119 cm³/mol. The summed E-state index contributed by atoms with van der Waals surface area (Å²) in [5, 5.41) is 19.8. The number of rotatable bonds is 6. The van der Waals surface area contributed by atoms with E-state index < -0.39 is 40.0 Å². The van der Waals surface area contributed by atoms with Gasteiger partial charge in [0.25, 0.3) is 5.91 Å². The number of nitrogen functional groups attached to an aromatic ring is 1. The third-order valence-electron chi connectivity index (χ3n) is 6.19. The van der Waals surface area contributed by atoms with Crippen LogP contribution in [-0.4, -0.2) is 61.7 Å². The maximum Gasteiger partial charge on any atom is 1.00 e. The van der Waals surface area contributed by atoms with Crippen molar-refractivity contribution in [3.63, 3.8) is 0 Å². The predicted octanol–water partition coefficient (Wildman–Crippen LogP) is -2.67. The first-order chi connectivity index (χ1) is 15.1. The smallest absolute Gasteiger partial charge is 0.548 e. The van der Waals surface area contributed by atoms with Gasteiger partial charge in [0.15, 0.2) is 10.8 Å². The van der Waals surface area contributed by atoms with E-state index in [0.717, 1.165) is 25.7 Å². The Balaban J connectivity index is 0.00000306. The van der Waals surface area contributed by atoms with Gasteiger partial charge in [-0.25, -0.2) is 4.98 Å². The number of carboxylic acid groups (broad SMARTS) is 1.